The Morgan fingerprint density at radius 2 is 2.42 bits per heavy atom. The molecule has 0 bridgehead atoms. The van der Waals surface area contributed by atoms with Crippen molar-refractivity contribution in [3.05, 3.63) is 10.6 Å². The molecule has 0 aliphatic heterocycles. The van der Waals surface area contributed by atoms with Gasteiger partial charge in [0, 0.05) is 12.5 Å². The largest absolute Gasteiger partial charge is 0.304 e. The highest BCUT2D eigenvalue weighted by Crippen LogP contribution is 2.38. The van der Waals surface area contributed by atoms with Gasteiger partial charge in [-0.2, -0.15) is 5.10 Å². The fourth-order valence-corrected chi connectivity index (χ4v) is 1.65. The fraction of sp³-hybridized carbons (Fsp3) is 0.750. The minimum absolute atomic E-state index is 0.685. The molecule has 66 valence electrons. The Morgan fingerprint density at radius 1 is 1.67 bits per heavy atom. The van der Waals surface area contributed by atoms with Crippen molar-refractivity contribution in [3.63, 3.8) is 0 Å². The van der Waals surface area contributed by atoms with Gasteiger partial charge in [0.1, 0.15) is 5.82 Å². The van der Waals surface area contributed by atoms with Crippen molar-refractivity contribution in [2.45, 2.75) is 38.6 Å². The highest BCUT2D eigenvalue weighted by atomic mass is 32.1. The van der Waals surface area contributed by atoms with Crippen molar-refractivity contribution in [2.75, 3.05) is 0 Å². The normalized spacial score (nSPS) is 16.8. The lowest BCUT2D eigenvalue weighted by molar-refractivity contribution is 0.632. The van der Waals surface area contributed by atoms with E-state index < -0.39 is 0 Å². The van der Waals surface area contributed by atoms with Crippen LogP contribution in [-0.4, -0.2) is 14.8 Å². The highest BCUT2D eigenvalue weighted by molar-refractivity contribution is 7.71. The Bertz CT molecular complexity index is 321. The number of rotatable bonds is 3. The van der Waals surface area contributed by atoms with Gasteiger partial charge in [-0.1, -0.05) is 6.92 Å². The number of nitrogens with one attached hydrogen (secondary N) is 1. The standard InChI is InChI=1S/C8H13N3S/c1-2-5-11-7(6-3-4-6)9-10-8(11)12/h6H,2-5H2,1H3,(H,10,12). The van der Waals surface area contributed by atoms with E-state index in [0.29, 0.717) is 5.92 Å². The zero-order chi connectivity index (χ0) is 8.55. The zero-order valence-corrected chi connectivity index (χ0v) is 8.02. The molecule has 4 heteroatoms. The highest BCUT2D eigenvalue weighted by Gasteiger charge is 2.28. The molecule has 0 aromatic carbocycles. The van der Waals surface area contributed by atoms with E-state index in [4.69, 9.17) is 12.2 Å². The lowest BCUT2D eigenvalue weighted by atomic mass is 10.4. The van der Waals surface area contributed by atoms with E-state index in [-0.39, 0.29) is 0 Å². The summed E-state index contributed by atoms with van der Waals surface area (Å²) in [7, 11) is 0. The molecule has 0 spiro atoms. The third-order valence-electron chi connectivity index (χ3n) is 2.18. The van der Waals surface area contributed by atoms with Gasteiger partial charge in [-0.05, 0) is 31.5 Å². The van der Waals surface area contributed by atoms with Gasteiger partial charge in [0.15, 0.2) is 4.77 Å². The first kappa shape index (κ1) is 7.98. The molecule has 0 unspecified atom stereocenters. The second-order valence-electron chi connectivity index (χ2n) is 3.31. The molecular weight excluding hydrogens is 170 g/mol. The van der Waals surface area contributed by atoms with Gasteiger partial charge < -0.3 is 4.57 Å². The Balaban J connectivity index is 2.33. The van der Waals surface area contributed by atoms with Gasteiger partial charge in [-0.25, -0.2) is 0 Å². The van der Waals surface area contributed by atoms with Crippen LogP contribution < -0.4 is 0 Å². The van der Waals surface area contributed by atoms with Gasteiger partial charge in [0.05, 0.1) is 0 Å². The summed E-state index contributed by atoms with van der Waals surface area (Å²) in [6.07, 6.45) is 3.68. The van der Waals surface area contributed by atoms with E-state index >= 15 is 0 Å². The molecule has 0 atom stereocenters. The van der Waals surface area contributed by atoms with Crippen LogP contribution in [0.25, 0.3) is 0 Å². The Labute approximate surface area is 76.8 Å². The van der Waals surface area contributed by atoms with Crippen molar-refractivity contribution in [1.82, 2.24) is 14.8 Å². The van der Waals surface area contributed by atoms with Gasteiger partial charge in [0.2, 0.25) is 0 Å². The van der Waals surface area contributed by atoms with E-state index in [9.17, 15) is 0 Å². The molecule has 0 radical (unpaired) electrons. The maximum absolute atomic E-state index is 5.13. The van der Waals surface area contributed by atoms with Crippen molar-refractivity contribution in [1.29, 1.82) is 0 Å². The Kier molecular flexibility index (Phi) is 2.00. The smallest absolute Gasteiger partial charge is 0.195 e. The van der Waals surface area contributed by atoms with Crippen molar-refractivity contribution < 1.29 is 0 Å². The van der Waals surface area contributed by atoms with Crippen LogP contribution in [0.1, 0.15) is 37.9 Å². The first-order valence-corrected chi connectivity index (χ1v) is 4.89. The van der Waals surface area contributed by atoms with Gasteiger partial charge in [-0.15, -0.1) is 0 Å². The summed E-state index contributed by atoms with van der Waals surface area (Å²) < 4.78 is 2.91. The average molecular weight is 183 g/mol. The van der Waals surface area contributed by atoms with Crippen LogP contribution in [0, 0.1) is 4.77 Å². The molecule has 1 aliphatic carbocycles. The maximum Gasteiger partial charge on any atom is 0.195 e. The van der Waals surface area contributed by atoms with Gasteiger partial charge >= 0.3 is 0 Å². The molecule has 1 aliphatic rings. The summed E-state index contributed by atoms with van der Waals surface area (Å²) in [6.45, 7) is 3.16. The monoisotopic (exact) mass is 183 g/mol. The average Bonchev–Trinajstić information content (AvgIpc) is 2.82. The molecule has 12 heavy (non-hydrogen) atoms. The number of nitrogens with zero attached hydrogens (tertiary/aromatic N) is 2. The molecule has 0 amide bonds. The third-order valence-corrected chi connectivity index (χ3v) is 2.49. The summed E-state index contributed by atoms with van der Waals surface area (Å²) in [4.78, 5) is 0. The van der Waals surface area contributed by atoms with Crippen LogP contribution in [0.15, 0.2) is 0 Å². The minimum atomic E-state index is 0.685. The second-order valence-corrected chi connectivity index (χ2v) is 3.70. The van der Waals surface area contributed by atoms with Crippen molar-refractivity contribution in [2.24, 2.45) is 0 Å². The molecule has 3 nitrogen and oxygen atoms in total. The van der Waals surface area contributed by atoms with Crippen LogP contribution >= 0.6 is 12.2 Å². The SMILES string of the molecule is CCCn1c(C2CC2)n[nH]c1=S. The van der Waals surface area contributed by atoms with Crippen molar-refractivity contribution in [3.8, 4) is 0 Å². The zero-order valence-electron chi connectivity index (χ0n) is 7.21. The Hall–Kier alpha value is -0.640. The summed E-state index contributed by atoms with van der Waals surface area (Å²) >= 11 is 5.13. The van der Waals surface area contributed by atoms with Crippen LogP contribution in [0.2, 0.25) is 0 Å². The van der Waals surface area contributed by atoms with Gasteiger partial charge in [0.25, 0.3) is 0 Å². The van der Waals surface area contributed by atoms with E-state index in [2.05, 4.69) is 21.7 Å². The molecule has 1 N–H and O–H groups in total. The summed E-state index contributed by atoms with van der Waals surface area (Å²) in [6, 6.07) is 0. The molecule has 1 aromatic rings. The maximum atomic E-state index is 5.13. The molecule has 0 saturated heterocycles. The number of H-pyrrole nitrogens is 1. The summed E-state index contributed by atoms with van der Waals surface area (Å²) in [5.74, 6) is 1.85. The van der Waals surface area contributed by atoms with Crippen LogP contribution in [0.5, 0.6) is 0 Å². The Morgan fingerprint density at radius 3 is 3.00 bits per heavy atom. The van der Waals surface area contributed by atoms with Crippen LogP contribution in [0.3, 0.4) is 0 Å². The molecule has 1 aromatic heterocycles. The molecular formula is C8H13N3S. The lowest BCUT2D eigenvalue weighted by Crippen LogP contribution is -2.01. The van der Waals surface area contributed by atoms with E-state index in [1.807, 2.05) is 0 Å². The number of aromatic nitrogens is 3. The first-order valence-electron chi connectivity index (χ1n) is 4.48. The topological polar surface area (TPSA) is 33.6 Å². The lowest BCUT2D eigenvalue weighted by Gasteiger charge is -2.01. The quantitative estimate of drug-likeness (QED) is 0.729. The second kappa shape index (κ2) is 3.01. The van der Waals surface area contributed by atoms with E-state index in [0.717, 1.165) is 17.7 Å². The molecule has 1 saturated carbocycles. The minimum Gasteiger partial charge on any atom is -0.304 e. The van der Waals surface area contributed by atoms with Crippen molar-refractivity contribution >= 4 is 12.2 Å². The number of aromatic amines is 1. The van der Waals surface area contributed by atoms with Crippen LogP contribution in [0.4, 0.5) is 0 Å². The number of hydrogen-bond donors (Lipinski definition) is 1. The van der Waals surface area contributed by atoms with E-state index in [1.165, 1.54) is 18.7 Å². The first-order chi connectivity index (χ1) is 5.83. The molecule has 1 fully saturated rings. The molecule has 2 rings (SSSR count). The third kappa shape index (κ3) is 1.31. The summed E-state index contributed by atoms with van der Waals surface area (Å²) in [5, 5.41) is 7.10. The van der Waals surface area contributed by atoms with Crippen LogP contribution in [-0.2, 0) is 6.54 Å². The number of hydrogen-bond acceptors (Lipinski definition) is 2. The summed E-state index contributed by atoms with van der Waals surface area (Å²) in [5.41, 5.74) is 0. The van der Waals surface area contributed by atoms with Gasteiger partial charge in [-0.3, -0.25) is 5.10 Å². The van der Waals surface area contributed by atoms with E-state index in [1.54, 1.807) is 0 Å². The predicted molar refractivity (Wildman–Crippen MR) is 49.7 cm³/mol. The molecule has 1 heterocycles. The fourth-order valence-electron chi connectivity index (χ4n) is 1.42. The predicted octanol–water partition coefficient (Wildman–Crippen LogP) is 2.23.